The van der Waals surface area contributed by atoms with E-state index in [-0.39, 0.29) is 18.5 Å². The highest BCUT2D eigenvalue weighted by atomic mass is 28.3. The summed E-state index contributed by atoms with van der Waals surface area (Å²) in [4.78, 5) is 50.1. The van der Waals surface area contributed by atoms with Crippen molar-refractivity contribution in [2.45, 2.75) is 77.9 Å². The van der Waals surface area contributed by atoms with E-state index in [0.717, 1.165) is 6.04 Å². The third kappa shape index (κ3) is 12.2. The highest BCUT2D eigenvalue weighted by Gasteiger charge is 2.27. The van der Waals surface area contributed by atoms with Crippen LogP contribution in [0.2, 0.25) is 25.7 Å². The van der Waals surface area contributed by atoms with E-state index in [0.29, 0.717) is 6.61 Å². The fraction of sp³-hybridized carbons (Fsp3) is 0.714. The molecule has 9 nitrogen and oxygen atoms in total. The molecule has 1 atom stereocenters. The van der Waals surface area contributed by atoms with Gasteiger partial charge in [-0.2, -0.15) is 0 Å². The first-order chi connectivity index (χ1) is 14.1. The van der Waals surface area contributed by atoms with Gasteiger partial charge in [0.05, 0.1) is 13.7 Å². The van der Waals surface area contributed by atoms with Crippen molar-refractivity contribution in [1.29, 1.82) is 0 Å². The largest absolute Gasteiger partial charge is 0.467 e. The van der Waals surface area contributed by atoms with Gasteiger partial charge in [-0.3, -0.25) is 4.79 Å². The Morgan fingerprint density at radius 3 is 2.16 bits per heavy atom. The fourth-order valence-corrected chi connectivity index (χ4v) is 3.10. The van der Waals surface area contributed by atoms with E-state index in [2.05, 4.69) is 25.0 Å². The molecule has 2 amide bonds. The molecule has 0 aromatic rings. The number of hydrogen-bond donors (Lipinski definition) is 1. The van der Waals surface area contributed by atoms with Crippen molar-refractivity contribution in [1.82, 2.24) is 10.2 Å². The minimum absolute atomic E-state index is 0.0171. The Kier molecular flexibility index (Phi) is 11.5. The number of nitrogens with one attached hydrogen (secondary N) is 1. The average Bonchev–Trinajstić information content (AvgIpc) is 2.61. The lowest BCUT2D eigenvalue weighted by Gasteiger charge is -2.23. The molecule has 0 aromatic heterocycles. The van der Waals surface area contributed by atoms with Gasteiger partial charge in [0.25, 0.3) is 0 Å². The van der Waals surface area contributed by atoms with Crippen LogP contribution in [-0.4, -0.2) is 69.3 Å². The normalized spacial score (nSPS) is 13.1. The van der Waals surface area contributed by atoms with Gasteiger partial charge in [0, 0.05) is 21.5 Å². The van der Waals surface area contributed by atoms with Gasteiger partial charge in [-0.05, 0) is 40.2 Å². The van der Waals surface area contributed by atoms with E-state index < -0.39 is 43.7 Å². The summed E-state index contributed by atoms with van der Waals surface area (Å²) < 4.78 is 15.2. The van der Waals surface area contributed by atoms with Crippen molar-refractivity contribution in [3.8, 4) is 0 Å². The molecule has 0 bridgehead atoms. The van der Waals surface area contributed by atoms with Gasteiger partial charge in [0.1, 0.15) is 17.3 Å². The van der Waals surface area contributed by atoms with Crippen molar-refractivity contribution >= 4 is 32.0 Å². The van der Waals surface area contributed by atoms with Crippen molar-refractivity contribution in [3.63, 3.8) is 0 Å². The van der Waals surface area contributed by atoms with E-state index in [1.807, 2.05) is 0 Å². The summed E-state index contributed by atoms with van der Waals surface area (Å²) in [5.41, 5.74) is -0.618. The Hall–Kier alpha value is -2.36. The number of nitrogens with zero attached hydrogens (tertiary/aromatic N) is 1. The highest BCUT2D eigenvalue weighted by molar-refractivity contribution is 6.76. The fourth-order valence-electron chi connectivity index (χ4n) is 2.38. The van der Waals surface area contributed by atoms with E-state index in [1.54, 1.807) is 27.7 Å². The molecule has 0 spiro atoms. The molecule has 178 valence electrons. The minimum atomic E-state index is -1.35. The van der Waals surface area contributed by atoms with E-state index in [4.69, 9.17) is 14.2 Å². The average molecular weight is 459 g/mol. The second kappa shape index (κ2) is 12.5. The van der Waals surface area contributed by atoms with E-state index in [9.17, 15) is 19.2 Å². The molecule has 0 aliphatic rings. The summed E-state index contributed by atoms with van der Waals surface area (Å²) in [6.07, 6.45) is 0.595. The number of methoxy groups -OCH3 is 1. The maximum atomic E-state index is 12.6. The lowest BCUT2D eigenvalue weighted by atomic mass is 10.1. The summed E-state index contributed by atoms with van der Waals surface area (Å²) in [5.74, 6) is -1.68. The summed E-state index contributed by atoms with van der Waals surface area (Å²) in [6, 6.07) is -0.236. The van der Waals surface area contributed by atoms with E-state index >= 15 is 0 Å². The Labute approximate surface area is 186 Å². The Morgan fingerprint density at radius 2 is 1.71 bits per heavy atom. The number of rotatable bonds is 10. The Balaban J connectivity index is 4.96. The smallest absolute Gasteiger partial charge is 0.408 e. The first-order valence-corrected chi connectivity index (χ1v) is 14.0. The minimum Gasteiger partial charge on any atom is -0.467 e. The van der Waals surface area contributed by atoms with Crippen molar-refractivity contribution < 1.29 is 33.4 Å². The third-order valence-corrected chi connectivity index (χ3v) is 5.83. The van der Waals surface area contributed by atoms with Gasteiger partial charge in [0.15, 0.2) is 0 Å². The first kappa shape index (κ1) is 28.6. The molecule has 0 aliphatic carbocycles. The van der Waals surface area contributed by atoms with Crippen LogP contribution >= 0.6 is 0 Å². The number of ether oxygens (including phenoxy) is 3. The lowest BCUT2D eigenvalue weighted by molar-refractivity contribution is -0.145. The first-order valence-electron chi connectivity index (χ1n) is 10.3. The SMILES string of the molecule is C/C=C(/C(=O)OCC[Si](C)(C)C)N(C)C(=O)CC[C@@H](NC(=O)OC(C)(C)C)C(=O)OC. The highest BCUT2D eigenvalue weighted by Crippen LogP contribution is 2.13. The zero-order chi connectivity index (χ0) is 24.4. The molecule has 0 saturated carbocycles. The molecule has 0 aromatic carbocycles. The molecule has 0 fully saturated rings. The monoisotopic (exact) mass is 458 g/mol. The molecule has 0 saturated heterocycles. The van der Waals surface area contributed by atoms with Crippen LogP contribution in [0.15, 0.2) is 11.8 Å². The van der Waals surface area contributed by atoms with Crippen molar-refractivity contribution in [2.24, 2.45) is 0 Å². The number of likely N-dealkylation sites (N-methyl/N-ethyl adjacent to an activating group) is 1. The van der Waals surface area contributed by atoms with Gasteiger partial charge in [-0.1, -0.05) is 25.7 Å². The lowest BCUT2D eigenvalue weighted by Crippen LogP contribution is -2.44. The number of carbonyl (C=O) groups excluding carboxylic acids is 4. The van der Waals surface area contributed by atoms with Crippen LogP contribution < -0.4 is 5.32 Å². The third-order valence-electron chi connectivity index (χ3n) is 4.13. The van der Waals surface area contributed by atoms with Gasteiger partial charge in [0.2, 0.25) is 5.91 Å². The Morgan fingerprint density at radius 1 is 1.13 bits per heavy atom. The predicted octanol–water partition coefficient (Wildman–Crippen LogP) is 3.08. The molecular formula is C21H38N2O7Si. The quantitative estimate of drug-likeness (QED) is 0.232. The Bertz CT molecular complexity index is 678. The number of alkyl carbamates (subject to hydrolysis) is 1. The van der Waals surface area contributed by atoms with Crippen LogP contribution in [0.4, 0.5) is 4.79 Å². The van der Waals surface area contributed by atoms with Crippen LogP contribution in [0, 0.1) is 0 Å². The number of esters is 2. The molecule has 0 rings (SSSR count). The predicted molar refractivity (Wildman–Crippen MR) is 120 cm³/mol. The molecule has 0 aliphatic heterocycles. The topological polar surface area (TPSA) is 111 Å². The zero-order valence-corrected chi connectivity index (χ0v) is 21.3. The van der Waals surface area contributed by atoms with Gasteiger partial charge in [-0.25, -0.2) is 14.4 Å². The summed E-state index contributed by atoms with van der Waals surface area (Å²) in [5, 5.41) is 2.42. The number of allylic oxidation sites excluding steroid dienone is 1. The second-order valence-electron chi connectivity index (χ2n) is 9.33. The summed E-state index contributed by atoms with van der Waals surface area (Å²) in [6.45, 7) is 13.6. The van der Waals surface area contributed by atoms with Crippen LogP contribution in [0.1, 0.15) is 40.5 Å². The van der Waals surface area contributed by atoms with Gasteiger partial charge >= 0.3 is 18.0 Å². The summed E-state index contributed by atoms with van der Waals surface area (Å²) >= 11 is 0. The molecule has 0 unspecified atom stereocenters. The maximum Gasteiger partial charge on any atom is 0.408 e. The summed E-state index contributed by atoms with van der Waals surface area (Å²) in [7, 11) is 1.30. The molecule has 0 radical (unpaired) electrons. The molecular weight excluding hydrogens is 420 g/mol. The van der Waals surface area contributed by atoms with Gasteiger partial charge < -0.3 is 24.4 Å². The van der Waals surface area contributed by atoms with Crippen LogP contribution in [0.3, 0.4) is 0 Å². The number of amides is 2. The number of carbonyl (C=O) groups is 4. The number of hydrogen-bond acceptors (Lipinski definition) is 7. The van der Waals surface area contributed by atoms with Gasteiger partial charge in [-0.15, -0.1) is 0 Å². The molecule has 1 N–H and O–H groups in total. The van der Waals surface area contributed by atoms with Crippen molar-refractivity contribution in [3.05, 3.63) is 11.8 Å². The second-order valence-corrected chi connectivity index (χ2v) is 15.0. The molecule has 0 heterocycles. The standard InChI is InChI=1S/C21H38N2O7Si/c1-10-16(19(26)29-13-14-31(7,8)9)23(5)17(24)12-11-15(18(25)28-6)22-20(27)30-21(2,3)4/h10,15H,11-14H2,1-9H3,(H,22,27)/b16-10-/t15-/m1/s1. The van der Waals surface area contributed by atoms with E-state index in [1.165, 1.54) is 25.1 Å². The zero-order valence-electron chi connectivity index (χ0n) is 20.3. The molecule has 31 heavy (non-hydrogen) atoms. The maximum absolute atomic E-state index is 12.6. The van der Waals surface area contributed by atoms with Crippen LogP contribution in [0.5, 0.6) is 0 Å². The molecule has 10 heteroatoms. The van der Waals surface area contributed by atoms with Crippen LogP contribution in [0.25, 0.3) is 0 Å². The van der Waals surface area contributed by atoms with Crippen LogP contribution in [-0.2, 0) is 28.6 Å². The van der Waals surface area contributed by atoms with Crippen molar-refractivity contribution in [2.75, 3.05) is 20.8 Å².